The Morgan fingerprint density at radius 2 is 0.500 bits per heavy atom. The molecule has 0 heterocycles. The second kappa shape index (κ2) is 15.6. The van der Waals surface area contributed by atoms with Gasteiger partial charge in [0.25, 0.3) is 0 Å². The van der Waals surface area contributed by atoms with Crippen LogP contribution in [0, 0.1) is 0 Å². The summed E-state index contributed by atoms with van der Waals surface area (Å²) in [5, 5.41) is 19.7. The molecule has 4 aliphatic carbocycles. The van der Waals surface area contributed by atoms with Crippen LogP contribution < -0.4 is 10.6 Å². The lowest BCUT2D eigenvalue weighted by Crippen LogP contribution is -2.40. The minimum atomic E-state index is 0.872. The Hall–Kier alpha value is -0.160. The SMILES string of the molecule is C1CCC(NC2CCCCC2)CC1.C1CCC(NC2CCCCC2)CC1.OO. The largest absolute Gasteiger partial charge is 0.311 e. The highest BCUT2D eigenvalue weighted by molar-refractivity contribution is 4.80. The van der Waals surface area contributed by atoms with Crippen molar-refractivity contribution in [2.75, 3.05) is 0 Å². The molecule has 4 N–H and O–H groups in total. The molecule has 0 amide bonds. The molecule has 0 saturated heterocycles. The van der Waals surface area contributed by atoms with Crippen LogP contribution in [-0.4, -0.2) is 34.7 Å². The van der Waals surface area contributed by atoms with Crippen molar-refractivity contribution in [3.63, 3.8) is 0 Å². The van der Waals surface area contributed by atoms with Gasteiger partial charge in [0.15, 0.2) is 0 Å². The average molecular weight is 397 g/mol. The van der Waals surface area contributed by atoms with E-state index < -0.39 is 0 Å². The van der Waals surface area contributed by atoms with Crippen LogP contribution in [0.5, 0.6) is 0 Å². The van der Waals surface area contributed by atoms with Crippen molar-refractivity contribution in [2.45, 2.75) is 153 Å². The molecule has 4 nitrogen and oxygen atoms in total. The van der Waals surface area contributed by atoms with Crippen LogP contribution in [0.2, 0.25) is 0 Å². The molecule has 0 aromatic rings. The molecule has 4 rings (SSSR count). The van der Waals surface area contributed by atoms with E-state index in [0.29, 0.717) is 0 Å². The molecular weight excluding hydrogens is 348 g/mol. The minimum absolute atomic E-state index is 0.872. The lowest BCUT2D eigenvalue weighted by Gasteiger charge is -2.30. The molecule has 0 aliphatic heterocycles. The molecule has 166 valence electrons. The summed E-state index contributed by atoms with van der Waals surface area (Å²) in [5.74, 6) is 0. The fraction of sp³-hybridized carbons (Fsp3) is 1.00. The molecular formula is C24H48N2O2. The van der Waals surface area contributed by atoms with Crippen molar-refractivity contribution in [3.05, 3.63) is 0 Å². The van der Waals surface area contributed by atoms with E-state index in [1.165, 1.54) is 128 Å². The predicted octanol–water partition coefficient (Wildman–Crippen LogP) is 6.50. The van der Waals surface area contributed by atoms with Gasteiger partial charge >= 0.3 is 0 Å². The van der Waals surface area contributed by atoms with Gasteiger partial charge < -0.3 is 10.6 Å². The van der Waals surface area contributed by atoms with Gasteiger partial charge in [-0.2, -0.15) is 0 Å². The summed E-state index contributed by atoms with van der Waals surface area (Å²) in [4.78, 5) is 0. The first-order valence-electron chi connectivity index (χ1n) is 12.6. The van der Waals surface area contributed by atoms with Crippen molar-refractivity contribution in [1.29, 1.82) is 0 Å². The molecule has 4 aliphatic rings. The maximum atomic E-state index is 6.00. The molecule has 0 atom stereocenters. The van der Waals surface area contributed by atoms with Crippen molar-refractivity contribution in [2.24, 2.45) is 0 Å². The van der Waals surface area contributed by atoms with E-state index in [9.17, 15) is 0 Å². The van der Waals surface area contributed by atoms with Gasteiger partial charge in [0.2, 0.25) is 0 Å². The minimum Gasteiger partial charge on any atom is -0.311 e. The Labute approximate surface area is 174 Å². The van der Waals surface area contributed by atoms with Gasteiger partial charge in [-0.05, 0) is 51.4 Å². The number of hydrogen-bond acceptors (Lipinski definition) is 4. The van der Waals surface area contributed by atoms with Gasteiger partial charge in [-0.25, -0.2) is 0 Å². The van der Waals surface area contributed by atoms with Crippen LogP contribution >= 0.6 is 0 Å². The lowest BCUT2D eigenvalue weighted by molar-refractivity contribution is -0.176. The first-order valence-corrected chi connectivity index (χ1v) is 12.6. The molecule has 0 bridgehead atoms. The Kier molecular flexibility index (Phi) is 13.5. The van der Waals surface area contributed by atoms with Crippen LogP contribution in [0.25, 0.3) is 0 Å². The summed E-state index contributed by atoms with van der Waals surface area (Å²) in [7, 11) is 0. The maximum absolute atomic E-state index is 6.00. The normalized spacial score (nSPS) is 25.9. The zero-order valence-electron chi connectivity index (χ0n) is 18.3. The van der Waals surface area contributed by atoms with E-state index in [4.69, 9.17) is 10.5 Å². The summed E-state index contributed by atoms with van der Waals surface area (Å²) in [6, 6.07) is 3.49. The Morgan fingerprint density at radius 1 is 0.321 bits per heavy atom. The van der Waals surface area contributed by atoms with Crippen molar-refractivity contribution in [3.8, 4) is 0 Å². The van der Waals surface area contributed by atoms with Gasteiger partial charge in [-0.15, -0.1) is 0 Å². The molecule has 4 saturated carbocycles. The van der Waals surface area contributed by atoms with Gasteiger partial charge in [-0.1, -0.05) is 77.0 Å². The highest BCUT2D eigenvalue weighted by Gasteiger charge is 2.20. The fourth-order valence-electron chi connectivity index (χ4n) is 5.74. The highest BCUT2D eigenvalue weighted by Crippen LogP contribution is 2.23. The molecule has 0 spiro atoms. The quantitative estimate of drug-likeness (QED) is 0.323. The van der Waals surface area contributed by atoms with E-state index in [1.54, 1.807) is 0 Å². The standard InChI is InChI=1S/2C12H23N.H2O2/c2*1-3-7-11(8-4-1)13-12-9-5-2-6-10-12;1-2/h2*11-13H,1-10H2;1-2H. The molecule has 0 aromatic carbocycles. The molecule has 0 unspecified atom stereocenters. The maximum Gasteiger partial charge on any atom is 0.00696 e. The van der Waals surface area contributed by atoms with Crippen LogP contribution in [0.1, 0.15) is 128 Å². The van der Waals surface area contributed by atoms with Crippen molar-refractivity contribution >= 4 is 0 Å². The molecule has 0 aromatic heterocycles. The summed E-state index contributed by atoms with van der Waals surface area (Å²) < 4.78 is 0. The molecule has 4 heteroatoms. The first kappa shape index (κ1) is 24.1. The molecule has 4 fully saturated rings. The third kappa shape index (κ3) is 10.0. The van der Waals surface area contributed by atoms with E-state index in [2.05, 4.69) is 10.6 Å². The third-order valence-corrected chi connectivity index (χ3v) is 7.36. The van der Waals surface area contributed by atoms with Crippen LogP contribution in [0.3, 0.4) is 0 Å². The Bertz CT molecular complexity index is 277. The van der Waals surface area contributed by atoms with Crippen LogP contribution in [0.4, 0.5) is 0 Å². The Balaban J connectivity index is 0.000000184. The molecule has 28 heavy (non-hydrogen) atoms. The van der Waals surface area contributed by atoms with Gasteiger partial charge in [0.05, 0.1) is 0 Å². The summed E-state index contributed by atoms with van der Waals surface area (Å²) in [6.45, 7) is 0. The summed E-state index contributed by atoms with van der Waals surface area (Å²) in [6.07, 6.45) is 29.1. The Morgan fingerprint density at radius 3 is 0.679 bits per heavy atom. The van der Waals surface area contributed by atoms with Gasteiger partial charge in [0, 0.05) is 24.2 Å². The summed E-state index contributed by atoms with van der Waals surface area (Å²) in [5.41, 5.74) is 0. The zero-order chi connectivity index (χ0) is 19.9. The van der Waals surface area contributed by atoms with Gasteiger partial charge in [0.1, 0.15) is 0 Å². The van der Waals surface area contributed by atoms with E-state index >= 15 is 0 Å². The van der Waals surface area contributed by atoms with Crippen LogP contribution in [-0.2, 0) is 0 Å². The second-order valence-corrected chi connectivity index (χ2v) is 9.67. The third-order valence-electron chi connectivity index (χ3n) is 7.36. The number of rotatable bonds is 4. The second-order valence-electron chi connectivity index (χ2n) is 9.67. The number of hydrogen-bond donors (Lipinski definition) is 4. The lowest BCUT2D eigenvalue weighted by atomic mass is 9.91. The zero-order valence-corrected chi connectivity index (χ0v) is 18.3. The topological polar surface area (TPSA) is 64.5 Å². The fourth-order valence-corrected chi connectivity index (χ4v) is 5.74. The summed E-state index contributed by atoms with van der Waals surface area (Å²) >= 11 is 0. The first-order chi connectivity index (χ1) is 13.9. The predicted molar refractivity (Wildman–Crippen MR) is 119 cm³/mol. The van der Waals surface area contributed by atoms with Crippen molar-refractivity contribution < 1.29 is 10.5 Å². The average Bonchev–Trinajstić information content (AvgIpc) is 2.79. The van der Waals surface area contributed by atoms with E-state index in [1.807, 2.05) is 0 Å². The van der Waals surface area contributed by atoms with E-state index in [-0.39, 0.29) is 0 Å². The van der Waals surface area contributed by atoms with Crippen LogP contribution in [0.15, 0.2) is 0 Å². The smallest absolute Gasteiger partial charge is 0.00696 e. The molecule has 0 radical (unpaired) electrons. The van der Waals surface area contributed by atoms with E-state index in [0.717, 1.165) is 24.2 Å². The number of nitrogens with one attached hydrogen (secondary N) is 2. The monoisotopic (exact) mass is 396 g/mol. The highest BCUT2D eigenvalue weighted by atomic mass is 17.0. The van der Waals surface area contributed by atoms with Gasteiger partial charge in [-0.3, -0.25) is 10.5 Å². The van der Waals surface area contributed by atoms with Crippen molar-refractivity contribution in [1.82, 2.24) is 10.6 Å².